The van der Waals surface area contributed by atoms with Crippen molar-refractivity contribution >= 4 is 10.9 Å². The summed E-state index contributed by atoms with van der Waals surface area (Å²) in [6.07, 6.45) is 2.39. The molecule has 0 aliphatic heterocycles. The van der Waals surface area contributed by atoms with Crippen molar-refractivity contribution < 1.29 is 0 Å². The van der Waals surface area contributed by atoms with Gasteiger partial charge < -0.3 is 0 Å². The highest BCUT2D eigenvalue weighted by atomic mass is 32.2. The summed E-state index contributed by atoms with van der Waals surface area (Å²) >= 11 is 0. The Hall–Kier alpha value is 0.350. The monoisotopic (exact) mass is 161 g/mol. The molecule has 0 amide bonds. The molecule has 0 unspecified atom stereocenters. The standard InChI is InChI=1S/C9H21S/c1-8(2)6-10(5)7-9(3)4/h8-9H,6-7H2,1-5H3/q+1. The van der Waals surface area contributed by atoms with Crippen LogP contribution in [0.2, 0.25) is 0 Å². The van der Waals surface area contributed by atoms with Gasteiger partial charge in [-0.05, 0) is 22.7 Å². The minimum Gasteiger partial charge on any atom is -0.0583 e. The van der Waals surface area contributed by atoms with E-state index in [2.05, 4.69) is 34.0 Å². The van der Waals surface area contributed by atoms with Crippen LogP contribution in [0.5, 0.6) is 0 Å². The maximum Gasteiger partial charge on any atom is 0.110 e. The molecular formula is C9H21S+. The fourth-order valence-corrected chi connectivity index (χ4v) is 3.62. The predicted octanol–water partition coefficient (Wildman–Crippen LogP) is 2.55. The summed E-state index contributed by atoms with van der Waals surface area (Å²) in [6, 6.07) is 0. The fraction of sp³-hybridized carbons (Fsp3) is 1.00. The van der Waals surface area contributed by atoms with Gasteiger partial charge in [-0.1, -0.05) is 27.7 Å². The first-order valence-corrected chi connectivity index (χ1v) is 6.08. The molecule has 10 heavy (non-hydrogen) atoms. The van der Waals surface area contributed by atoms with E-state index < -0.39 is 0 Å². The number of rotatable bonds is 4. The molecule has 0 bridgehead atoms. The van der Waals surface area contributed by atoms with Crippen LogP contribution in [0.15, 0.2) is 0 Å². The largest absolute Gasteiger partial charge is 0.110 e. The second-order valence-electron chi connectivity index (χ2n) is 3.90. The molecule has 0 aromatic carbocycles. The van der Waals surface area contributed by atoms with Crippen LogP contribution < -0.4 is 0 Å². The fourth-order valence-electron chi connectivity index (χ4n) is 1.21. The molecule has 0 N–H and O–H groups in total. The third kappa shape index (κ3) is 6.47. The summed E-state index contributed by atoms with van der Waals surface area (Å²) in [5.41, 5.74) is 0. The van der Waals surface area contributed by atoms with Crippen LogP contribution in [0.3, 0.4) is 0 Å². The molecule has 0 rings (SSSR count). The highest BCUT2D eigenvalue weighted by molar-refractivity contribution is 7.96. The van der Waals surface area contributed by atoms with E-state index in [4.69, 9.17) is 0 Å². The quantitative estimate of drug-likeness (QED) is 0.556. The summed E-state index contributed by atoms with van der Waals surface area (Å²) < 4.78 is 0. The maximum absolute atomic E-state index is 2.39. The van der Waals surface area contributed by atoms with Crippen molar-refractivity contribution in [1.29, 1.82) is 0 Å². The second-order valence-corrected chi connectivity index (χ2v) is 6.13. The van der Waals surface area contributed by atoms with Gasteiger partial charge in [-0.15, -0.1) is 0 Å². The predicted molar refractivity (Wildman–Crippen MR) is 52.7 cm³/mol. The summed E-state index contributed by atoms with van der Waals surface area (Å²) in [6.45, 7) is 9.24. The Kier molecular flexibility index (Phi) is 5.24. The van der Waals surface area contributed by atoms with Crippen molar-refractivity contribution in [2.24, 2.45) is 11.8 Å². The highest BCUT2D eigenvalue weighted by Crippen LogP contribution is 2.05. The van der Waals surface area contributed by atoms with Crippen molar-refractivity contribution in [2.75, 3.05) is 17.8 Å². The van der Waals surface area contributed by atoms with E-state index in [9.17, 15) is 0 Å². The molecule has 0 radical (unpaired) electrons. The molecule has 0 aromatic rings. The first kappa shape index (κ1) is 10.3. The lowest BCUT2D eigenvalue weighted by Gasteiger charge is -2.07. The Labute approximate surface area is 68.7 Å². The molecule has 0 heterocycles. The molecular weight excluding hydrogens is 140 g/mol. The van der Waals surface area contributed by atoms with Gasteiger partial charge in [0.25, 0.3) is 0 Å². The van der Waals surface area contributed by atoms with Crippen molar-refractivity contribution in [3.8, 4) is 0 Å². The normalized spacial score (nSPS) is 12.0. The van der Waals surface area contributed by atoms with E-state index >= 15 is 0 Å². The van der Waals surface area contributed by atoms with E-state index in [1.807, 2.05) is 0 Å². The van der Waals surface area contributed by atoms with Gasteiger partial charge in [-0.2, -0.15) is 0 Å². The van der Waals surface area contributed by atoms with Gasteiger partial charge in [0.1, 0.15) is 11.5 Å². The molecule has 0 saturated carbocycles. The lowest BCUT2D eigenvalue weighted by atomic mass is 10.3. The Bertz CT molecular complexity index is 66.8. The Balaban J connectivity index is 3.34. The van der Waals surface area contributed by atoms with Crippen molar-refractivity contribution in [3.63, 3.8) is 0 Å². The van der Waals surface area contributed by atoms with Crippen LogP contribution in [-0.4, -0.2) is 17.8 Å². The van der Waals surface area contributed by atoms with Crippen LogP contribution in [0.4, 0.5) is 0 Å². The average molecular weight is 161 g/mol. The summed E-state index contributed by atoms with van der Waals surface area (Å²) in [5.74, 6) is 4.59. The van der Waals surface area contributed by atoms with E-state index in [0.717, 1.165) is 11.8 Å². The Morgan fingerprint density at radius 1 is 0.900 bits per heavy atom. The maximum atomic E-state index is 2.39. The Morgan fingerprint density at radius 2 is 1.20 bits per heavy atom. The van der Waals surface area contributed by atoms with Crippen molar-refractivity contribution in [1.82, 2.24) is 0 Å². The Morgan fingerprint density at radius 3 is 1.40 bits per heavy atom. The minimum atomic E-state index is 0.670. The topological polar surface area (TPSA) is 0 Å². The van der Waals surface area contributed by atoms with E-state index in [1.54, 1.807) is 0 Å². The van der Waals surface area contributed by atoms with Crippen molar-refractivity contribution in [2.45, 2.75) is 27.7 Å². The summed E-state index contributed by atoms with van der Waals surface area (Å²) in [4.78, 5) is 0. The number of hydrogen-bond donors (Lipinski definition) is 0. The molecule has 0 atom stereocenters. The van der Waals surface area contributed by atoms with Crippen LogP contribution in [0.1, 0.15) is 27.7 Å². The summed E-state index contributed by atoms with van der Waals surface area (Å²) in [7, 11) is 0.670. The molecule has 0 fully saturated rings. The zero-order valence-corrected chi connectivity index (χ0v) is 8.79. The van der Waals surface area contributed by atoms with Crippen molar-refractivity contribution in [3.05, 3.63) is 0 Å². The zero-order valence-electron chi connectivity index (χ0n) is 7.98. The van der Waals surface area contributed by atoms with Crippen LogP contribution >= 0.6 is 0 Å². The smallest absolute Gasteiger partial charge is 0.0583 e. The van der Waals surface area contributed by atoms with E-state index in [0.29, 0.717) is 10.9 Å². The van der Waals surface area contributed by atoms with Crippen LogP contribution in [0, 0.1) is 11.8 Å². The second kappa shape index (κ2) is 5.06. The summed E-state index contributed by atoms with van der Waals surface area (Å²) in [5, 5.41) is 0. The highest BCUT2D eigenvalue weighted by Gasteiger charge is 2.14. The molecule has 0 aliphatic carbocycles. The molecule has 62 valence electrons. The molecule has 0 nitrogen and oxygen atoms in total. The lowest BCUT2D eigenvalue weighted by Crippen LogP contribution is -2.17. The average Bonchev–Trinajstić information content (AvgIpc) is 1.58. The lowest BCUT2D eigenvalue weighted by molar-refractivity contribution is 0.724. The molecule has 0 aliphatic rings. The molecule has 0 aromatic heterocycles. The molecule has 0 spiro atoms. The van der Waals surface area contributed by atoms with Gasteiger partial charge >= 0.3 is 0 Å². The molecule has 1 heteroatoms. The SMILES string of the molecule is CC(C)C[S+](C)CC(C)C. The zero-order chi connectivity index (χ0) is 8.15. The van der Waals surface area contributed by atoms with Gasteiger partial charge in [0, 0.05) is 0 Å². The van der Waals surface area contributed by atoms with Gasteiger partial charge in [-0.3, -0.25) is 0 Å². The van der Waals surface area contributed by atoms with E-state index in [1.165, 1.54) is 11.5 Å². The van der Waals surface area contributed by atoms with Gasteiger partial charge in [0.2, 0.25) is 0 Å². The van der Waals surface area contributed by atoms with E-state index in [-0.39, 0.29) is 0 Å². The first-order valence-electron chi connectivity index (χ1n) is 4.11. The third-order valence-corrected chi connectivity index (χ3v) is 3.71. The number of hydrogen-bond acceptors (Lipinski definition) is 0. The van der Waals surface area contributed by atoms with Gasteiger partial charge in [-0.25, -0.2) is 0 Å². The van der Waals surface area contributed by atoms with Crippen LogP contribution in [-0.2, 0) is 10.9 Å². The van der Waals surface area contributed by atoms with Crippen LogP contribution in [0.25, 0.3) is 0 Å². The van der Waals surface area contributed by atoms with Gasteiger partial charge in [0.15, 0.2) is 0 Å². The first-order chi connectivity index (χ1) is 4.52. The third-order valence-electron chi connectivity index (χ3n) is 1.24. The minimum absolute atomic E-state index is 0.670. The molecule has 0 saturated heterocycles. The van der Waals surface area contributed by atoms with Gasteiger partial charge in [0.05, 0.1) is 6.26 Å².